The summed E-state index contributed by atoms with van der Waals surface area (Å²) in [5.74, 6) is -0.269. The minimum atomic E-state index is -1.02. The highest BCUT2D eigenvalue weighted by molar-refractivity contribution is 5.91. The Morgan fingerprint density at radius 3 is 2.27 bits per heavy atom. The van der Waals surface area contributed by atoms with Gasteiger partial charge < -0.3 is 43.1 Å². The molecule has 2 atom stereocenters. The van der Waals surface area contributed by atoms with Crippen molar-refractivity contribution in [2.45, 2.75) is 45.1 Å². The van der Waals surface area contributed by atoms with Gasteiger partial charge in [-0.25, -0.2) is 9.59 Å². The normalized spacial score (nSPS) is 16.1. The highest BCUT2D eigenvalue weighted by Gasteiger charge is 2.44. The zero-order valence-electron chi connectivity index (χ0n) is 30.3. The summed E-state index contributed by atoms with van der Waals surface area (Å²) in [4.78, 5) is 50.9. The number of rotatable bonds is 13. The van der Waals surface area contributed by atoms with Crippen molar-refractivity contribution in [3.05, 3.63) is 71.4 Å². The molecule has 0 saturated carbocycles. The molecule has 13 nitrogen and oxygen atoms in total. The van der Waals surface area contributed by atoms with Crippen LogP contribution in [0.15, 0.2) is 54.6 Å². The third-order valence-electron chi connectivity index (χ3n) is 9.38. The first-order valence-corrected chi connectivity index (χ1v) is 16.7. The molecule has 5 rings (SSSR count). The SMILES string of the molecule is CC[C@H](CCC1(C)c2[nH]c3cc(OC)ccc3c2CCN1OC(=O)c1cc(OC)c(OC(=O)Oc2cccc(N(C)C)c2)c(OC)c1)C(=O)OC. The van der Waals surface area contributed by atoms with E-state index in [4.69, 9.17) is 33.3 Å². The molecule has 13 heteroatoms. The van der Waals surface area contributed by atoms with Crippen molar-refractivity contribution < 1.29 is 47.6 Å². The number of anilines is 1. The number of carbonyl (C=O) groups excluding carboxylic acids is 3. The van der Waals surface area contributed by atoms with Crippen LogP contribution in [0.3, 0.4) is 0 Å². The fourth-order valence-electron chi connectivity index (χ4n) is 6.45. The summed E-state index contributed by atoms with van der Waals surface area (Å²) in [5, 5.41) is 2.72. The minimum Gasteiger partial charge on any atom is -0.497 e. The molecule has 0 aliphatic carbocycles. The van der Waals surface area contributed by atoms with Gasteiger partial charge >= 0.3 is 18.1 Å². The van der Waals surface area contributed by atoms with Gasteiger partial charge in [-0.05, 0) is 74.6 Å². The van der Waals surface area contributed by atoms with Crippen LogP contribution in [0, 0.1) is 5.92 Å². The lowest BCUT2D eigenvalue weighted by Crippen LogP contribution is -2.50. The van der Waals surface area contributed by atoms with E-state index in [0.29, 0.717) is 38.0 Å². The van der Waals surface area contributed by atoms with Crippen molar-refractivity contribution in [1.29, 1.82) is 0 Å². The number of fused-ring (bicyclic) bond motifs is 3. The molecule has 0 spiro atoms. The summed E-state index contributed by atoms with van der Waals surface area (Å²) in [5.41, 5.74) is 2.97. The predicted molar refractivity (Wildman–Crippen MR) is 190 cm³/mol. The van der Waals surface area contributed by atoms with Gasteiger partial charge in [-0.3, -0.25) is 4.79 Å². The number of aromatic amines is 1. The molecule has 1 unspecified atom stereocenters. The number of methoxy groups -OCH3 is 4. The van der Waals surface area contributed by atoms with Crippen molar-refractivity contribution in [1.82, 2.24) is 10.0 Å². The molecular formula is C38H45N3O10. The van der Waals surface area contributed by atoms with Crippen molar-refractivity contribution in [2.75, 3.05) is 54.0 Å². The first kappa shape index (κ1) is 36.8. The van der Waals surface area contributed by atoms with E-state index in [1.807, 2.05) is 57.1 Å². The van der Waals surface area contributed by atoms with E-state index in [1.165, 1.54) is 33.5 Å². The van der Waals surface area contributed by atoms with Gasteiger partial charge in [0.2, 0.25) is 5.75 Å². The van der Waals surface area contributed by atoms with Gasteiger partial charge in [0.15, 0.2) is 11.5 Å². The molecular weight excluding hydrogens is 658 g/mol. The van der Waals surface area contributed by atoms with E-state index in [9.17, 15) is 14.4 Å². The number of nitrogens with zero attached hydrogens (tertiary/aromatic N) is 2. The summed E-state index contributed by atoms with van der Waals surface area (Å²) < 4.78 is 32.5. The Balaban J connectivity index is 1.43. The third kappa shape index (κ3) is 7.68. The van der Waals surface area contributed by atoms with Crippen LogP contribution in [0.4, 0.5) is 10.5 Å². The lowest BCUT2D eigenvalue weighted by molar-refractivity contribution is -0.187. The van der Waals surface area contributed by atoms with Crippen molar-refractivity contribution >= 4 is 34.7 Å². The molecule has 0 amide bonds. The smallest absolute Gasteiger partial charge is 0.497 e. The number of hydrogen-bond acceptors (Lipinski definition) is 12. The fraction of sp³-hybridized carbons (Fsp3) is 0.395. The Bertz CT molecular complexity index is 1880. The maximum atomic E-state index is 13.9. The first-order chi connectivity index (χ1) is 24.5. The zero-order chi connectivity index (χ0) is 36.9. The molecule has 1 aromatic heterocycles. The summed E-state index contributed by atoms with van der Waals surface area (Å²) >= 11 is 0. The molecule has 272 valence electrons. The van der Waals surface area contributed by atoms with Crippen LogP contribution in [0.25, 0.3) is 10.9 Å². The molecule has 1 aliphatic heterocycles. The summed E-state index contributed by atoms with van der Waals surface area (Å²) in [6.45, 7) is 4.33. The van der Waals surface area contributed by atoms with Gasteiger partial charge in [0.05, 0.1) is 45.5 Å². The average Bonchev–Trinajstić information content (AvgIpc) is 3.51. The summed E-state index contributed by atoms with van der Waals surface area (Å²) in [6, 6.07) is 15.6. The van der Waals surface area contributed by atoms with Crippen LogP contribution < -0.4 is 28.6 Å². The number of aromatic nitrogens is 1. The fourth-order valence-corrected chi connectivity index (χ4v) is 6.45. The first-order valence-electron chi connectivity index (χ1n) is 16.7. The average molecular weight is 704 g/mol. The van der Waals surface area contributed by atoms with Crippen LogP contribution in [0.1, 0.15) is 54.7 Å². The quantitative estimate of drug-likeness (QED) is 0.118. The third-order valence-corrected chi connectivity index (χ3v) is 9.38. The molecule has 2 heterocycles. The minimum absolute atomic E-state index is 0.0532. The predicted octanol–water partition coefficient (Wildman–Crippen LogP) is 6.66. The molecule has 1 aliphatic rings. The largest absolute Gasteiger partial charge is 0.519 e. The van der Waals surface area contributed by atoms with E-state index in [-0.39, 0.29) is 40.4 Å². The lowest BCUT2D eigenvalue weighted by atomic mass is 9.82. The summed E-state index contributed by atoms with van der Waals surface area (Å²) in [7, 11) is 9.50. The van der Waals surface area contributed by atoms with Gasteiger partial charge in [-0.1, -0.05) is 13.0 Å². The van der Waals surface area contributed by atoms with E-state index >= 15 is 0 Å². The standard InChI is InChI=1S/C38H45N3O10/c1-9-23(35(42)48-8)15-17-38(2)34-29(28-14-13-26(45-5)22-30(28)39-34)16-18-41(38)51-36(43)24-19-31(46-6)33(32(20-24)47-7)50-37(44)49-27-12-10-11-25(21-27)40(3)4/h10-14,19-23,39H,9,15-18H2,1-8H3/t23-,38?/m1/s1. The van der Waals surface area contributed by atoms with E-state index in [0.717, 1.165) is 27.8 Å². The van der Waals surface area contributed by atoms with Gasteiger partial charge in [0, 0.05) is 55.1 Å². The van der Waals surface area contributed by atoms with Crippen molar-refractivity contribution in [3.8, 4) is 28.7 Å². The van der Waals surface area contributed by atoms with Gasteiger partial charge in [0.1, 0.15) is 11.5 Å². The van der Waals surface area contributed by atoms with E-state index < -0.39 is 17.7 Å². The Morgan fingerprint density at radius 1 is 0.922 bits per heavy atom. The second-order valence-electron chi connectivity index (χ2n) is 12.6. The number of benzene rings is 3. The summed E-state index contributed by atoms with van der Waals surface area (Å²) in [6.07, 6.45) is 1.14. The van der Waals surface area contributed by atoms with Gasteiger partial charge in [0.25, 0.3) is 0 Å². The number of carbonyl (C=O) groups is 3. The maximum Gasteiger partial charge on any atom is 0.519 e. The molecule has 1 N–H and O–H groups in total. The number of nitrogens with one attached hydrogen (secondary N) is 1. The number of esters is 1. The van der Waals surface area contributed by atoms with Crippen molar-refractivity contribution in [3.63, 3.8) is 0 Å². The maximum absolute atomic E-state index is 13.9. The second-order valence-corrected chi connectivity index (χ2v) is 12.6. The van der Waals surface area contributed by atoms with E-state index in [2.05, 4.69) is 4.98 Å². The van der Waals surface area contributed by atoms with E-state index in [1.54, 1.807) is 30.4 Å². The zero-order valence-corrected chi connectivity index (χ0v) is 30.3. The number of hydrogen-bond donors (Lipinski definition) is 1. The molecule has 0 fully saturated rings. The number of hydroxylamine groups is 2. The second kappa shape index (κ2) is 15.6. The monoisotopic (exact) mass is 703 g/mol. The Morgan fingerprint density at radius 2 is 1.65 bits per heavy atom. The Hall–Kier alpha value is -5.43. The van der Waals surface area contributed by atoms with Crippen LogP contribution in [-0.4, -0.2) is 77.2 Å². The molecule has 0 saturated heterocycles. The van der Waals surface area contributed by atoms with Crippen LogP contribution in [0.5, 0.6) is 28.7 Å². The van der Waals surface area contributed by atoms with Gasteiger partial charge in [-0.2, -0.15) is 0 Å². The molecule has 4 aromatic rings. The topological polar surface area (TPSA) is 138 Å². The number of ether oxygens (including phenoxy) is 6. The van der Waals surface area contributed by atoms with Crippen molar-refractivity contribution in [2.24, 2.45) is 5.92 Å². The van der Waals surface area contributed by atoms with Gasteiger partial charge in [-0.15, -0.1) is 5.06 Å². The highest BCUT2D eigenvalue weighted by atomic mass is 16.7. The Labute approximate surface area is 297 Å². The Kier molecular flexibility index (Phi) is 11.3. The highest BCUT2D eigenvalue weighted by Crippen LogP contribution is 2.44. The van der Waals surface area contributed by atoms with Crippen LogP contribution in [0.2, 0.25) is 0 Å². The van der Waals surface area contributed by atoms with Crippen LogP contribution >= 0.6 is 0 Å². The number of H-pyrrole nitrogens is 1. The molecule has 0 radical (unpaired) electrons. The molecule has 51 heavy (non-hydrogen) atoms. The van der Waals surface area contributed by atoms with Crippen LogP contribution in [-0.2, 0) is 26.3 Å². The molecule has 0 bridgehead atoms. The lowest BCUT2D eigenvalue weighted by Gasteiger charge is -2.43. The molecule has 3 aromatic carbocycles.